The van der Waals surface area contributed by atoms with Crippen LogP contribution < -0.4 is 10.0 Å². The average Bonchev–Trinajstić information content (AvgIpc) is 3.47. The Hall–Kier alpha value is -2.94. The maximum absolute atomic E-state index is 12.4. The van der Waals surface area contributed by atoms with E-state index in [9.17, 15) is 23.3 Å². The molecule has 1 amide bonds. The van der Waals surface area contributed by atoms with E-state index in [0.717, 1.165) is 18.9 Å². The lowest BCUT2D eigenvalue weighted by Gasteiger charge is -2.13. The largest absolute Gasteiger partial charge is 0.349 e. The summed E-state index contributed by atoms with van der Waals surface area (Å²) in [6, 6.07) is 10.9. The summed E-state index contributed by atoms with van der Waals surface area (Å²) in [7, 11) is -3.98. The van der Waals surface area contributed by atoms with Gasteiger partial charge in [-0.05, 0) is 56.0 Å². The molecule has 0 aromatic heterocycles. The second-order valence-electron chi connectivity index (χ2n) is 6.54. The molecule has 9 heteroatoms. The molecule has 2 aromatic rings. The van der Waals surface area contributed by atoms with Crippen molar-refractivity contribution in [1.29, 1.82) is 0 Å². The van der Waals surface area contributed by atoms with Gasteiger partial charge in [0, 0.05) is 29.4 Å². The van der Waals surface area contributed by atoms with Crippen molar-refractivity contribution < 1.29 is 18.1 Å². The van der Waals surface area contributed by atoms with E-state index >= 15 is 0 Å². The van der Waals surface area contributed by atoms with Gasteiger partial charge in [-0.25, -0.2) is 8.42 Å². The van der Waals surface area contributed by atoms with Crippen molar-refractivity contribution in [3.63, 3.8) is 0 Å². The minimum Gasteiger partial charge on any atom is -0.349 e. The van der Waals surface area contributed by atoms with E-state index in [1.54, 1.807) is 0 Å². The highest BCUT2D eigenvalue weighted by Gasteiger charge is 2.29. The third-order valence-corrected chi connectivity index (χ3v) is 5.80. The Morgan fingerprint density at radius 3 is 2.44 bits per heavy atom. The summed E-state index contributed by atoms with van der Waals surface area (Å²) in [5, 5.41) is 13.7. The molecule has 1 aliphatic carbocycles. The van der Waals surface area contributed by atoms with Crippen LogP contribution in [-0.4, -0.2) is 25.3 Å². The van der Waals surface area contributed by atoms with Gasteiger partial charge in [-0.2, -0.15) is 0 Å². The highest BCUT2D eigenvalue weighted by atomic mass is 32.2. The SMILES string of the molecule is CC(NC(=O)c1ccc(NS(=O)(=O)c2cccc([N+](=O)[O-])c2)cc1)C1CC1. The summed E-state index contributed by atoms with van der Waals surface area (Å²) in [4.78, 5) is 22.1. The number of amides is 1. The molecule has 1 saturated carbocycles. The Morgan fingerprint density at radius 2 is 1.85 bits per heavy atom. The van der Waals surface area contributed by atoms with Crippen LogP contribution in [0.25, 0.3) is 0 Å². The summed E-state index contributed by atoms with van der Waals surface area (Å²) in [6.07, 6.45) is 2.25. The van der Waals surface area contributed by atoms with Crippen LogP contribution in [0, 0.1) is 16.0 Å². The van der Waals surface area contributed by atoms with Gasteiger partial charge in [0.25, 0.3) is 21.6 Å². The number of carbonyl (C=O) groups is 1. The monoisotopic (exact) mass is 389 g/mol. The molecular weight excluding hydrogens is 370 g/mol. The molecule has 0 heterocycles. The Bertz CT molecular complexity index is 969. The molecule has 0 aliphatic heterocycles. The fourth-order valence-electron chi connectivity index (χ4n) is 2.67. The Morgan fingerprint density at radius 1 is 1.19 bits per heavy atom. The first-order chi connectivity index (χ1) is 12.8. The molecule has 2 N–H and O–H groups in total. The highest BCUT2D eigenvalue weighted by molar-refractivity contribution is 7.92. The second kappa shape index (κ2) is 7.36. The average molecular weight is 389 g/mol. The van der Waals surface area contributed by atoms with Crippen LogP contribution in [0.3, 0.4) is 0 Å². The van der Waals surface area contributed by atoms with Gasteiger partial charge < -0.3 is 5.32 Å². The normalized spacial score (nSPS) is 15.0. The predicted octanol–water partition coefficient (Wildman–Crippen LogP) is 2.92. The molecule has 1 unspecified atom stereocenters. The first kappa shape index (κ1) is 18.8. The molecule has 1 aliphatic rings. The standard InChI is InChI=1S/C18H19N3O5S/c1-12(13-5-6-13)19-18(22)14-7-9-15(10-8-14)20-27(25,26)17-4-2-3-16(11-17)21(23)24/h2-4,7-13,20H,5-6H2,1H3,(H,19,22). The highest BCUT2D eigenvalue weighted by Crippen LogP contribution is 2.32. The summed E-state index contributed by atoms with van der Waals surface area (Å²) in [5.41, 5.74) is 0.378. The second-order valence-corrected chi connectivity index (χ2v) is 8.22. The molecule has 8 nitrogen and oxygen atoms in total. The first-order valence-electron chi connectivity index (χ1n) is 8.44. The number of nitro benzene ring substituents is 1. The van der Waals surface area contributed by atoms with Crippen molar-refractivity contribution in [2.45, 2.75) is 30.7 Å². The lowest BCUT2D eigenvalue weighted by atomic mass is 10.1. The number of hydrogen-bond donors (Lipinski definition) is 2. The van der Waals surface area contributed by atoms with Gasteiger partial charge >= 0.3 is 0 Å². The van der Waals surface area contributed by atoms with Gasteiger partial charge in [0.05, 0.1) is 9.82 Å². The van der Waals surface area contributed by atoms with Crippen molar-refractivity contribution in [3.05, 3.63) is 64.2 Å². The van der Waals surface area contributed by atoms with Crippen molar-refractivity contribution >= 4 is 27.3 Å². The molecule has 2 aromatic carbocycles. The van der Waals surface area contributed by atoms with Gasteiger partial charge in [0.2, 0.25) is 0 Å². The summed E-state index contributed by atoms with van der Waals surface area (Å²) in [6.45, 7) is 1.97. The van der Waals surface area contributed by atoms with Crippen LogP contribution in [0.15, 0.2) is 53.4 Å². The number of non-ortho nitro benzene ring substituents is 1. The van der Waals surface area contributed by atoms with Crippen LogP contribution in [0.2, 0.25) is 0 Å². The number of nitrogens with one attached hydrogen (secondary N) is 2. The number of nitro groups is 1. The third-order valence-electron chi connectivity index (χ3n) is 4.43. The maximum atomic E-state index is 12.4. The Balaban J connectivity index is 1.70. The fraction of sp³-hybridized carbons (Fsp3) is 0.278. The van der Waals surface area contributed by atoms with Crippen molar-refractivity contribution in [2.75, 3.05) is 4.72 Å². The van der Waals surface area contributed by atoms with Crippen LogP contribution in [0.1, 0.15) is 30.1 Å². The summed E-state index contributed by atoms with van der Waals surface area (Å²) >= 11 is 0. The minimum atomic E-state index is -3.98. The molecule has 0 spiro atoms. The molecule has 0 saturated heterocycles. The van der Waals surface area contributed by atoms with Gasteiger partial charge in [0.1, 0.15) is 0 Å². The molecule has 3 rings (SSSR count). The van der Waals surface area contributed by atoms with E-state index in [2.05, 4.69) is 10.0 Å². The van der Waals surface area contributed by atoms with E-state index in [0.29, 0.717) is 11.5 Å². The predicted molar refractivity (Wildman–Crippen MR) is 100.0 cm³/mol. The molecule has 0 radical (unpaired) electrons. The topological polar surface area (TPSA) is 118 Å². The quantitative estimate of drug-likeness (QED) is 0.557. The zero-order chi connectivity index (χ0) is 19.6. The van der Waals surface area contributed by atoms with Crippen LogP contribution >= 0.6 is 0 Å². The number of carbonyl (C=O) groups excluding carboxylic acids is 1. The van der Waals surface area contributed by atoms with E-state index in [1.165, 1.54) is 42.5 Å². The van der Waals surface area contributed by atoms with Crippen molar-refractivity contribution in [2.24, 2.45) is 5.92 Å². The minimum absolute atomic E-state index is 0.115. The van der Waals surface area contributed by atoms with Gasteiger partial charge in [-0.3, -0.25) is 19.6 Å². The molecule has 142 valence electrons. The third kappa shape index (κ3) is 4.62. The van der Waals surface area contributed by atoms with Crippen LogP contribution in [0.5, 0.6) is 0 Å². The van der Waals surface area contributed by atoms with E-state index in [4.69, 9.17) is 0 Å². The molecule has 0 bridgehead atoms. The smallest absolute Gasteiger partial charge is 0.270 e. The van der Waals surface area contributed by atoms with Crippen LogP contribution in [-0.2, 0) is 10.0 Å². The van der Waals surface area contributed by atoms with Gasteiger partial charge in [0.15, 0.2) is 0 Å². The number of rotatable bonds is 7. The summed E-state index contributed by atoms with van der Waals surface area (Å²) in [5.74, 6) is 0.331. The zero-order valence-electron chi connectivity index (χ0n) is 14.6. The number of anilines is 1. The zero-order valence-corrected chi connectivity index (χ0v) is 15.4. The number of hydrogen-bond acceptors (Lipinski definition) is 5. The van der Waals surface area contributed by atoms with E-state index in [1.807, 2.05) is 6.92 Å². The molecule has 1 atom stereocenters. The lowest BCUT2D eigenvalue weighted by Crippen LogP contribution is -2.33. The molecule has 1 fully saturated rings. The van der Waals surface area contributed by atoms with Gasteiger partial charge in [-0.1, -0.05) is 6.07 Å². The number of nitrogens with zero attached hydrogens (tertiary/aromatic N) is 1. The van der Waals surface area contributed by atoms with Crippen LogP contribution in [0.4, 0.5) is 11.4 Å². The summed E-state index contributed by atoms with van der Waals surface area (Å²) < 4.78 is 27.2. The van der Waals surface area contributed by atoms with Crippen molar-refractivity contribution in [1.82, 2.24) is 5.32 Å². The molecule has 27 heavy (non-hydrogen) atoms. The first-order valence-corrected chi connectivity index (χ1v) is 9.93. The fourth-order valence-corrected chi connectivity index (χ4v) is 3.77. The lowest BCUT2D eigenvalue weighted by molar-refractivity contribution is -0.385. The Kier molecular flexibility index (Phi) is 5.13. The van der Waals surface area contributed by atoms with E-state index < -0.39 is 14.9 Å². The Labute approximate surface area is 156 Å². The molecular formula is C18H19N3O5S. The van der Waals surface area contributed by atoms with E-state index in [-0.39, 0.29) is 28.2 Å². The van der Waals surface area contributed by atoms with Gasteiger partial charge in [-0.15, -0.1) is 0 Å². The maximum Gasteiger partial charge on any atom is 0.270 e. The van der Waals surface area contributed by atoms with Crippen molar-refractivity contribution in [3.8, 4) is 0 Å². The number of sulfonamides is 1. The number of benzene rings is 2.